The Morgan fingerprint density at radius 2 is 1.90 bits per heavy atom. The number of nitrogens with zero attached hydrogens (tertiary/aromatic N) is 3. The van der Waals surface area contributed by atoms with Crippen molar-refractivity contribution in [3.8, 4) is 11.4 Å². The number of rotatable bonds is 6. The molecule has 2 atom stereocenters. The smallest absolute Gasteiger partial charge is 0.170 e. The van der Waals surface area contributed by atoms with Crippen LogP contribution in [0.5, 0.6) is 5.75 Å². The number of aryl methyl sites for hydroxylation is 1. The number of nitrogens with one attached hydrogen (secondary N) is 1. The lowest BCUT2D eigenvalue weighted by Gasteiger charge is -2.28. The molecule has 2 N–H and O–H groups in total. The third kappa shape index (κ3) is 3.56. The highest BCUT2D eigenvalue weighted by Crippen LogP contribution is 2.42. The first kappa shape index (κ1) is 20.4. The summed E-state index contributed by atoms with van der Waals surface area (Å²) in [6.45, 7) is 7.29. The molecule has 1 fully saturated rings. The molecule has 6 heteroatoms. The Bertz CT molecular complexity index is 1050. The summed E-state index contributed by atoms with van der Waals surface area (Å²) in [7, 11) is 0. The van der Waals surface area contributed by atoms with Gasteiger partial charge in [0, 0.05) is 24.1 Å². The van der Waals surface area contributed by atoms with E-state index in [-0.39, 0.29) is 17.8 Å². The minimum atomic E-state index is -0.0196. The van der Waals surface area contributed by atoms with E-state index in [1.165, 1.54) is 5.56 Å². The summed E-state index contributed by atoms with van der Waals surface area (Å²) in [5, 5.41) is 14.7. The second-order valence-corrected chi connectivity index (χ2v) is 8.21. The van der Waals surface area contributed by atoms with Gasteiger partial charge >= 0.3 is 0 Å². The first-order chi connectivity index (χ1) is 14.5. The SMILES string of the molecule is CCCCN1C(=S)N[C@@H](c2ccccn2)[C@H]1c1cc(C)n(-c2ccccc2O)c1C. The van der Waals surface area contributed by atoms with Gasteiger partial charge in [0.1, 0.15) is 5.75 Å². The van der Waals surface area contributed by atoms with Gasteiger partial charge in [0.2, 0.25) is 0 Å². The average molecular weight is 421 g/mol. The van der Waals surface area contributed by atoms with Gasteiger partial charge in [-0.1, -0.05) is 31.5 Å². The van der Waals surface area contributed by atoms with E-state index in [0.29, 0.717) is 0 Å². The van der Waals surface area contributed by atoms with Crippen LogP contribution < -0.4 is 5.32 Å². The van der Waals surface area contributed by atoms with Crippen LogP contribution >= 0.6 is 12.2 Å². The van der Waals surface area contributed by atoms with Crippen molar-refractivity contribution in [3.05, 3.63) is 77.4 Å². The largest absolute Gasteiger partial charge is 0.506 e. The molecular weight excluding hydrogens is 392 g/mol. The molecule has 2 aromatic heterocycles. The third-order valence-corrected chi connectivity index (χ3v) is 6.21. The highest BCUT2D eigenvalue weighted by Gasteiger charge is 2.41. The van der Waals surface area contributed by atoms with E-state index in [1.54, 1.807) is 6.07 Å². The fraction of sp³-hybridized carbons (Fsp3) is 0.333. The lowest BCUT2D eigenvalue weighted by Crippen LogP contribution is -2.30. The molecule has 1 aromatic carbocycles. The molecule has 0 saturated carbocycles. The zero-order valence-electron chi connectivity index (χ0n) is 17.7. The Labute approximate surface area is 183 Å². The molecule has 4 rings (SSSR count). The average Bonchev–Trinajstić information content (AvgIpc) is 3.23. The van der Waals surface area contributed by atoms with E-state index in [2.05, 4.69) is 52.7 Å². The third-order valence-electron chi connectivity index (χ3n) is 5.86. The molecule has 1 aliphatic rings. The Morgan fingerprint density at radius 1 is 1.13 bits per heavy atom. The Balaban J connectivity index is 1.83. The van der Waals surface area contributed by atoms with Crippen LogP contribution in [-0.2, 0) is 0 Å². The van der Waals surface area contributed by atoms with E-state index in [0.717, 1.165) is 47.3 Å². The standard InChI is InChI=1S/C24H28N4OS/c1-4-5-14-27-23(22(26-24(27)30)19-10-8-9-13-25-19)18-15-16(2)28(17(18)3)20-11-6-7-12-21(20)29/h6-13,15,22-23,29H,4-5,14H2,1-3H3,(H,26,30)/t22-,23+/m0/s1. The second-order valence-electron chi connectivity index (χ2n) is 7.82. The van der Waals surface area contributed by atoms with Crippen molar-refractivity contribution in [1.82, 2.24) is 19.8 Å². The van der Waals surface area contributed by atoms with Crippen molar-refractivity contribution < 1.29 is 5.11 Å². The fourth-order valence-corrected chi connectivity index (χ4v) is 4.76. The van der Waals surface area contributed by atoms with Crippen molar-refractivity contribution in [2.75, 3.05) is 6.54 Å². The number of aromatic hydroxyl groups is 1. The van der Waals surface area contributed by atoms with Gasteiger partial charge in [0.05, 0.1) is 23.5 Å². The van der Waals surface area contributed by atoms with Crippen molar-refractivity contribution in [3.63, 3.8) is 0 Å². The van der Waals surface area contributed by atoms with Gasteiger partial charge in [-0.2, -0.15) is 0 Å². The number of thiocarbonyl (C=S) groups is 1. The molecular formula is C24H28N4OS. The molecule has 5 nitrogen and oxygen atoms in total. The Hall–Kier alpha value is -2.86. The Morgan fingerprint density at radius 3 is 2.60 bits per heavy atom. The molecule has 30 heavy (non-hydrogen) atoms. The van der Waals surface area contributed by atoms with Crippen molar-refractivity contribution >= 4 is 17.3 Å². The summed E-state index contributed by atoms with van der Waals surface area (Å²) >= 11 is 5.75. The van der Waals surface area contributed by atoms with Gasteiger partial charge in [0.25, 0.3) is 0 Å². The first-order valence-corrected chi connectivity index (χ1v) is 10.9. The van der Waals surface area contributed by atoms with Gasteiger partial charge in [0.15, 0.2) is 5.11 Å². The highest BCUT2D eigenvalue weighted by molar-refractivity contribution is 7.80. The molecule has 3 heterocycles. The van der Waals surface area contributed by atoms with E-state index in [9.17, 15) is 5.11 Å². The van der Waals surface area contributed by atoms with Gasteiger partial charge < -0.3 is 19.9 Å². The lowest BCUT2D eigenvalue weighted by atomic mass is 9.96. The zero-order chi connectivity index (χ0) is 21.3. The summed E-state index contributed by atoms with van der Waals surface area (Å²) in [4.78, 5) is 6.92. The lowest BCUT2D eigenvalue weighted by molar-refractivity contribution is 0.312. The predicted molar refractivity (Wildman–Crippen MR) is 124 cm³/mol. The monoisotopic (exact) mass is 420 g/mol. The van der Waals surface area contributed by atoms with Crippen molar-refractivity contribution in [1.29, 1.82) is 0 Å². The number of para-hydroxylation sites is 2. The van der Waals surface area contributed by atoms with Crippen molar-refractivity contribution in [2.24, 2.45) is 0 Å². The molecule has 0 radical (unpaired) electrons. The van der Waals surface area contributed by atoms with Crippen LogP contribution in [0.25, 0.3) is 5.69 Å². The molecule has 0 bridgehead atoms. The molecule has 0 aliphatic carbocycles. The quantitative estimate of drug-likeness (QED) is 0.552. The number of aromatic nitrogens is 2. The van der Waals surface area contributed by atoms with E-state index in [4.69, 9.17) is 12.2 Å². The number of benzene rings is 1. The maximum atomic E-state index is 10.5. The van der Waals surface area contributed by atoms with Gasteiger partial charge in [-0.25, -0.2) is 0 Å². The van der Waals surface area contributed by atoms with Crippen LogP contribution in [-0.4, -0.2) is 31.2 Å². The van der Waals surface area contributed by atoms with Gasteiger partial charge in [-0.3, -0.25) is 4.98 Å². The predicted octanol–water partition coefficient (Wildman–Crippen LogP) is 4.97. The van der Waals surface area contributed by atoms with Crippen LogP contribution in [0.15, 0.2) is 54.7 Å². The maximum absolute atomic E-state index is 10.5. The number of hydrogen-bond acceptors (Lipinski definition) is 3. The number of phenolic OH excluding ortho intramolecular Hbond substituents is 1. The number of phenols is 1. The van der Waals surface area contributed by atoms with Crippen LogP contribution in [0.2, 0.25) is 0 Å². The van der Waals surface area contributed by atoms with Gasteiger partial charge in [-0.05, 0) is 68.4 Å². The van der Waals surface area contributed by atoms with Crippen LogP contribution in [0.1, 0.15) is 54.5 Å². The minimum absolute atomic E-state index is 0.0196. The molecule has 1 aliphatic heterocycles. The second kappa shape index (κ2) is 8.48. The summed E-state index contributed by atoms with van der Waals surface area (Å²) in [5.74, 6) is 0.273. The molecule has 0 unspecified atom stereocenters. The first-order valence-electron chi connectivity index (χ1n) is 10.5. The topological polar surface area (TPSA) is 53.3 Å². The number of unbranched alkanes of at least 4 members (excludes halogenated alkanes) is 1. The number of hydrogen-bond donors (Lipinski definition) is 2. The normalized spacial score (nSPS) is 18.6. The summed E-state index contributed by atoms with van der Waals surface area (Å²) in [5.41, 5.74) is 5.16. The fourth-order valence-electron chi connectivity index (χ4n) is 4.42. The van der Waals surface area contributed by atoms with Crippen molar-refractivity contribution in [2.45, 2.75) is 45.7 Å². The van der Waals surface area contributed by atoms with Gasteiger partial charge in [-0.15, -0.1) is 0 Å². The van der Waals surface area contributed by atoms with Crippen LogP contribution in [0.3, 0.4) is 0 Å². The van der Waals surface area contributed by atoms with Crippen LogP contribution in [0, 0.1) is 13.8 Å². The summed E-state index contributed by atoms with van der Waals surface area (Å²) in [6, 6.07) is 15.7. The molecule has 156 valence electrons. The molecule has 0 amide bonds. The molecule has 3 aromatic rings. The highest BCUT2D eigenvalue weighted by atomic mass is 32.1. The zero-order valence-corrected chi connectivity index (χ0v) is 18.5. The summed E-state index contributed by atoms with van der Waals surface area (Å²) < 4.78 is 2.12. The number of pyridine rings is 1. The van der Waals surface area contributed by atoms with E-state index in [1.807, 2.05) is 36.5 Å². The summed E-state index contributed by atoms with van der Waals surface area (Å²) in [6.07, 6.45) is 4.01. The van der Waals surface area contributed by atoms with E-state index < -0.39 is 0 Å². The van der Waals surface area contributed by atoms with E-state index >= 15 is 0 Å². The maximum Gasteiger partial charge on any atom is 0.170 e. The molecule has 0 spiro atoms. The molecule has 1 saturated heterocycles. The minimum Gasteiger partial charge on any atom is -0.506 e. The Kier molecular flexibility index (Phi) is 5.77. The van der Waals surface area contributed by atoms with Crippen LogP contribution in [0.4, 0.5) is 0 Å².